The molecule has 0 fully saturated rings. The van der Waals surface area contributed by atoms with Gasteiger partial charge in [0.1, 0.15) is 0 Å². The summed E-state index contributed by atoms with van der Waals surface area (Å²) in [5.41, 5.74) is 1.03. The molecule has 1 aliphatic rings. The summed E-state index contributed by atoms with van der Waals surface area (Å²) in [5, 5.41) is 10.7. The van der Waals surface area contributed by atoms with Crippen molar-refractivity contribution in [1.82, 2.24) is 4.31 Å². The maximum atomic E-state index is 12.8. The molecule has 0 bridgehead atoms. The molecule has 6 nitrogen and oxygen atoms in total. The van der Waals surface area contributed by atoms with Crippen LogP contribution in [0.5, 0.6) is 0 Å². The molecule has 0 radical (unpaired) electrons. The summed E-state index contributed by atoms with van der Waals surface area (Å²) < 4.78 is 26.9. The second kappa shape index (κ2) is 6.41. The molecule has 0 N–H and O–H groups in total. The van der Waals surface area contributed by atoms with Gasteiger partial charge in [-0.1, -0.05) is 17.7 Å². The van der Waals surface area contributed by atoms with Crippen LogP contribution < -0.4 is 0 Å². The highest BCUT2D eigenvalue weighted by Gasteiger charge is 2.31. The van der Waals surface area contributed by atoms with Crippen molar-refractivity contribution in [2.45, 2.75) is 30.7 Å². The maximum absolute atomic E-state index is 12.8. The van der Waals surface area contributed by atoms with E-state index in [-0.39, 0.29) is 23.2 Å². The quantitative estimate of drug-likeness (QED) is 0.458. The van der Waals surface area contributed by atoms with Crippen LogP contribution in [0.25, 0.3) is 0 Å². The van der Waals surface area contributed by atoms with Crippen LogP contribution in [0.3, 0.4) is 0 Å². The van der Waals surface area contributed by atoms with E-state index in [0.29, 0.717) is 0 Å². The minimum absolute atomic E-state index is 0.0536. The van der Waals surface area contributed by atoms with Crippen LogP contribution in [0, 0.1) is 10.1 Å². The average molecular weight is 322 g/mol. The second-order valence-corrected chi connectivity index (χ2v) is 7.12. The molecule has 0 saturated carbocycles. The summed E-state index contributed by atoms with van der Waals surface area (Å²) in [6.07, 6.45) is 5.11. The summed E-state index contributed by atoms with van der Waals surface area (Å²) in [6.45, 7) is 5.80. The molecule has 1 unspecified atom stereocenters. The third-order valence-corrected chi connectivity index (χ3v) is 5.55. The van der Waals surface area contributed by atoms with Gasteiger partial charge < -0.3 is 0 Å². The zero-order valence-corrected chi connectivity index (χ0v) is 13.1. The van der Waals surface area contributed by atoms with E-state index in [4.69, 9.17) is 0 Å². The van der Waals surface area contributed by atoms with Crippen molar-refractivity contribution >= 4 is 15.7 Å². The van der Waals surface area contributed by atoms with Crippen LogP contribution in [-0.4, -0.2) is 30.2 Å². The lowest BCUT2D eigenvalue weighted by molar-refractivity contribution is -0.384. The summed E-state index contributed by atoms with van der Waals surface area (Å²) in [4.78, 5) is 10.2. The van der Waals surface area contributed by atoms with E-state index < -0.39 is 14.9 Å². The lowest BCUT2D eigenvalue weighted by atomic mass is 10.2. The van der Waals surface area contributed by atoms with Gasteiger partial charge in [0, 0.05) is 24.7 Å². The molecule has 0 aliphatic heterocycles. The fourth-order valence-corrected chi connectivity index (χ4v) is 4.09. The number of nitro benzene ring substituents is 1. The maximum Gasteiger partial charge on any atom is 0.269 e. The molecule has 1 aromatic carbocycles. The van der Waals surface area contributed by atoms with Crippen LogP contribution in [0.2, 0.25) is 0 Å². The first kappa shape index (κ1) is 16.4. The lowest BCUT2D eigenvalue weighted by Gasteiger charge is -2.25. The van der Waals surface area contributed by atoms with Crippen molar-refractivity contribution < 1.29 is 13.3 Å². The highest BCUT2D eigenvalue weighted by Crippen LogP contribution is 2.28. The van der Waals surface area contributed by atoms with Crippen molar-refractivity contribution in [2.24, 2.45) is 0 Å². The molecule has 1 atom stereocenters. The Kier molecular flexibility index (Phi) is 4.77. The van der Waals surface area contributed by atoms with Crippen LogP contribution in [-0.2, 0) is 10.0 Å². The molecular weight excluding hydrogens is 304 g/mol. The highest BCUT2D eigenvalue weighted by molar-refractivity contribution is 7.89. The van der Waals surface area contributed by atoms with Gasteiger partial charge in [-0.2, -0.15) is 4.31 Å². The molecule has 0 spiro atoms. The number of nitrogens with zero attached hydrogens (tertiary/aromatic N) is 2. The number of non-ortho nitro benzene ring substituents is 1. The molecule has 7 heteroatoms. The molecule has 1 aliphatic carbocycles. The fraction of sp³-hybridized carbons (Fsp3) is 0.333. The molecule has 1 aromatic rings. The van der Waals surface area contributed by atoms with Crippen molar-refractivity contribution in [3.05, 3.63) is 58.7 Å². The Balaban J connectivity index is 2.36. The molecule has 22 heavy (non-hydrogen) atoms. The second-order valence-electron chi connectivity index (χ2n) is 5.23. The summed E-state index contributed by atoms with van der Waals surface area (Å²) >= 11 is 0. The standard InChI is InChI=1S/C15H18N2O4S/c1-3-10-16(14-5-4-12(2)11-14)22(20,21)15-8-6-13(7-9-15)17(18)19/h3,6-9,11,14H,1,4-5,10H2,2H3. The van der Waals surface area contributed by atoms with Crippen LogP contribution in [0.4, 0.5) is 5.69 Å². The summed E-state index contributed by atoms with van der Waals surface area (Å²) in [6, 6.07) is 4.76. The van der Waals surface area contributed by atoms with E-state index in [1.165, 1.54) is 28.6 Å². The molecule has 118 valence electrons. The molecule has 0 amide bonds. The Labute approximate surface area is 130 Å². The van der Waals surface area contributed by atoms with Crippen molar-refractivity contribution in [3.63, 3.8) is 0 Å². The van der Waals surface area contributed by atoms with E-state index in [2.05, 4.69) is 6.58 Å². The van der Waals surface area contributed by atoms with Gasteiger partial charge in [0.25, 0.3) is 5.69 Å². The van der Waals surface area contributed by atoms with Crippen molar-refractivity contribution in [2.75, 3.05) is 6.54 Å². The minimum atomic E-state index is -3.72. The van der Waals surface area contributed by atoms with E-state index in [9.17, 15) is 18.5 Å². The van der Waals surface area contributed by atoms with Crippen LogP contribution in [0.1, 0.15) is 19.8 Å². The van der Waals surface area contributed by atoms with Gasteiger partial charge in [0.15, 0.2) is 0 Å². The minimum Gasteiger partial charge on any atom is -0.258 e. The van der Waals surface area contributed by atoms with E-state index >= 15 is 0 Å². The SMILES string of the molecule is C=CCN(C1C=C(C)CC1)S(=O)(=O)c1ccc([N+](=O)[O-])cc1. The number of rotatable bonds is 6. The Morgan fingerprint density at radius 3 is 2.50 bits per heavy atom. The lowest BCUT2D eigenvalue weighted by Crippen LogP contribution is -2.38. The smallest absolute Gasteiger partial charge is 0.258 e. The van der Waals surface area contributed by atoms with Gasteiger partial charge in [-0.25, -0.2) is 8.42 Å². The van der Waals surface area contributed by atoms with Gasteiger partial charge in [-0.3, -0.25) is 10.1 Å². The first-order chi connectivity index (χ1) is 10.4. The average Bonchev–Trinajstić information content (AvgIpc) is 2.90. The van der Waals surface area contributed by atoms with E-state index in [1.54, 1.807) is 6.08 Å². The van der Waals surface area contributed by atoms with E-state index in [0.717, 1.165) is 18.4 Å². The predicted octanol–water partition coefficient (Wildman–Crippen LogP) is 2.88. The highest BCUT2D eigenvalue weighted by atomic mass is 32.2. The van der Waals surface area contributed by atoms with Gasteiger partial charge in [-0.05, 0) is 31.9 Å². The molecule has 0 saturated heterocycles. The molecule has 0 aromatic heterocycles. The largest absolute Gasteiger partial charge is 0.269 e. The third-order valence-electron chi connectivity index (χ3n) is 3.64. The van der Waals surface area contributed by atoms with Gasteiger partial charge in [0.2, 0.25) is 10.0 Å². The number of hydrogen-bond donors (Lipinski definition) is 0. The third kappa shape index (κ3) is 3.26. The number of benzene rings is 1. The van der Waals surface area contributed by atoms with Crippen molar-refractivity contribution in [3.8, 4) is 0 Å². The summed E-state index contributed by atoms with van der Waals surface area (Å²) in [7, 11) is -3.72. The molecule has 2 rings (SSSR count). The number of sulfonamides is 1. The monoisotopic (exact) mass is 322 g/mol. The number of allylic oxidation sites excluding steroid dienone is 1. The number of nitro groups is 1. The van der Waals surface area contributed by atoms with Crippen LogP contribution in [0.15, 0.2) is 53.5 Å². The van der Waals surface area contributed by atoms with Gasteiger partial charge >= 0.3 is 0 Å². The fourth-order valence-electron chi connectivity index (χ4n) is 2.51. The zero-order valence-electron chi connectivity index (χ0n) is 12.3. The van der Waals surface area contributed by atoms with E-state index in [1.807, 2.05) is 13.0 Å². The molecular formula is C15H18N2O4S. The number of hydrogen-bond acceptors (Lipinski definition) is 4. The predicted molar refractivity (Wildman–Crippen MR) is 84.0 cm³/mol. The van der Waals surface area contributed by atoms with Gasteiger partial charge in [0.05, 0.1) is 9.82 Å². The topological polar surface area (TPSA) is 80.5 Å². The Hall–Kier alpha value is -1.99. The molecule has 0 heterocycles. The Bertz CT molecular complexity index is 708. The van der Waals surface area contributed by atoms with Crippen molar-refractivity contribution in [1.29, 1.82) is 0 Å². The first-order valence-corrected chi connectivity index (χ1v) is 8.34. The van der Waals surface area contributed by atoms with Crippen LogP contribution >= 0.6 is 0 Å². The normalized spacial score (nSPS) is 18.3. The zero-order chi connectivity index (χ0) is 16.3. The first-order valence-electron chi connectivity index (χ1n) is 6.90. The Morgan fingerprint density at radius 2 is 2.05 bits per heavy atom. The summed E-state index contributed by atoms with van der Waals surface area (Å²) in [5.74, 6) is 0. The van der Waals surface area contributed by atoms with Gasteiger partial charge in [-0.15, -0.1) is 6.58 Å². The Morgan fingerprint density at radius 1 is 1.41 bits per heavy atom.